The summed E-state index contributed by atoms with van der Waals surface area (Å²) in [6.07, 6.45) is 4.07. The molecule has 1 aliphatic rings. The summed E-state index contributed by atoms with van der Waals surface area (Å²) in [5, 5.41) is 8.32. The van der Waals surface area contributed by atoms with E-state index in [0.717, 1.165) is 36.5 Å². The minimum Gasteiger partial charge on any atom is -0.330 e. The van der Waals surface area contributed by atoms with E-state index in [4.69, 9.17) is 5.73 Å². The van der Waals surface area contributed by atoms with Gasteiger partial charge >= 0.3 is 0 Å². The molecule has 3 rings (SSSR count). The molecule has 23 heavy (non-hydrogen) atoms. The van der Waals surface area contributed by atoms with Crippen LogP contribution in [0.15, 0.2) is 41.8 Å². The highest BCUT2D eigenvalue weighted by Crippen LogP contribution is 2.26. The molecule has 0 saturated heterocycles. The molecule has 2 aromatic rings. The second-order valence-electron chi connectivity index (χ2n) is 5.57. The fourth-order valence-electron chi connectivity index (χ4n) is 2.62. The summed E-state index contributed by atoms with van der Waals surface area (Å²) in [6, 6.07) is 9.84. The summed E-state index contributed by atoms with van der Waals surface area (Å²) in [4.78, 5) is 13.1. The van der Waals surface area contributed by atoms with Gasteiger partial charge in [-0.25, -0.2) is 0 Å². The zero-order valence-corrected chi connectivity index (χ0v) is 13.8. The minimum absolute atomic E-state index is 0.0534. The number of nitrogens with two attached hydrogens (primary N) is 1. The van der Waals surface area contributed by atoms with Gasteiger partial charge in [-0.05, 0) is 66.2 Å². The highest BCUT2D eigenvalue weighted by atomic mass is 32.1. The predicted molar refractivity (Wildman–Crippen MR) is 96.9 cm³/mol. The number of anilines is 1. The first-order chi connectivity index (χ1) is 11.3. The number of thiophene rings is 1. The zero-order chi connectivity index (χ0) is 16.1. The summed E-state index contributed by atoms with van der Waals surface area (Å²) in [6.45, 7) is 2.54. The lowest BCUT2D eigenvalue weighted by molar-refractivity contribution is 0.103. The standard InChI is InChI=1S/C18H21N3OS/c19-8-5-13-1-3-16(4-2-13)21-18(22)17-11-15(12-23-17)14-6-9-20-10-7-14/h1-4,6,11-12,20H,5,7-10,19H2,(H,21,22). The molecule has 0 fully saturated rings. The number of nitrogens with one attached hydrogen (secondary N) is 2. The van der Waals surface area contributed by atoms with Crippen molar-refractivity contribution in [2.75, 3.05) is 25.0 Å². The second kappa shape index (κ2) is 7.55. The summed E-state index contributed by atoms with van der Waals surface area (Å²) >= 11 is 1.49. The van der Waals surface area contributed by atoms with Crippen molar-refractivity contribution in [1.29, 1.82) is 0 Å². The Labute approximate surface area is 140 Å². The Bertz CT molecular complexity index is 703. The maximum absolute atomic E-state index is 12.4. The molecule has 1 aliphatic heterocycles. The number of rotatable bonds is 5. The predicted octanol–water partition coefficient (Wildman–Crippen LogP) is 2.88. The zero-order valence-electron chi connectivity index (χ0n) is 13.0. The highest BCUT2D eigenvalue weighted by molar-refractivity contribution is 7.12. The quantitative estimate of drug-likeness (QED) is 0.791. The van der Waals surface area contributed by atoms with Crippen molar-refractivity contribution in [3.8, 4) is 0 Å². The minimum atomic E-state index is -0.0534. The maximum Gasteiger partial charge on any atom is 0.265 e. The molecule has 120 valence electrons. The van der Waals surface area contributed by atoms with Crippen LogP contribution >= 0.6 is 11.3 Å². The number of amides is 1. The normalized spacial score (nSPS) is 14.4. The van der Waals surface area contributed by atoms with Gasteiger partial charge in [0.25, 0.3) is 5.91 Å². The van der Waals surface area contributed by atoms with E-state index in [1.165, 1.54) is 28.0 Å². The molecule has 0 spiro atoms. The molecule has 2 heterocycles. The molecule has 1 aromatic carbocycles. The van der Waals surface area contributed by atoms with E-state index >= 15 is 0 Å². The van der Waals surface area contributed by atoms with E-state index in [1.54, 1.807) is 0 Å². The summed E-state index contributed by atoms with van der Waals surface area (Å²) in [5.41, 5.74) is 10.0. The molecular weight excluding hydrogens is 306 g/mol. The lowest BCUT2D eigenvalue weighted by Gasteiger charge is -2.12. The van der Waals surface area contributed by atoms with E-state index < -0.39 is 0 Å². The molecule has 0 aliphatic carbocycles. The first kappa shape index (κ1) is 15.9. The van der Waals surface area contributed by atoms with Crippen molar-refractivity contribution in [2.45, 2.75) is 12.8 Å². The summed E-state index contributed by atoms with van der Waals surface area (Å²) in [7, 11) is 0. The molecule has 1 amide bonds. The van der Waals surface area contributed by atoms with Crippen LogP contribution in [0.3, 0.4) is 0 Å². The molecule has 0 radical (unpaired) electrons. The molecular formula is C18H21N3OS. The van der Waals surface area contributed by atoms with Crippen LogP contribution in [0, 0.1) is 0 Å². The second-order valence-corrected chi connectivity index (χ2v) is 6.48. The van der Waals surface area contributed by atoms with Gasteiger partial charge in [0.15, 0.2) is 0 Å². The summed E-state index contributed by atoms with van der Waals surface area (Å²) in [5.74, 6) is -0.0534. The Kier molecular flexibility index (Phi) is 5.23. The highest BCUT2D eigenvalue weighted by Gasteiger charge is 2.13. The average Bonchev–Trinajstić information content (AvgIpc) is 3.08. The van der Waals surface area contributed by atoms with Crippen LogP contribution in [0.4, 0.5) is 5.69 Å². The van der Waals surface area contributed by atoms with Crippen molar-refractivity contribution in [3.05, 3.63) is 57.8 Å². The Morgan fingerprint density at radius 2 is 2.13 bits per heavy atom. The third kappa shape index (κ3) is 4.07. The van der Waals surface area contributed by atoms with Crippen molar-refractivity contribution < 1.29 is 4.79 Å². The van der Waals surface area contributed by atoms with Gasteiger partial charge in [0.2, 0.25) is 0 Å². The molecule has 0 bridgehead atoms. The van der Waals surface area contributed by atoms with E-state index in [-0.39, 0.29) is 5.91 Å². The first-order valence-corrected chi connectivity index (χ1v) is 8.73. The third-order valence-corrected chi connectivity index (χ3v) is 4.83. The van der Waals surface area contributed by atoms with Gasteiger partial charge in [-0.2, -0.15) is 0 Å². The largest absolute Gasteiger partial charge is 0.330 e. The van der Waals surface area contributed by atoms with Gasteiger partial charge in [-0.15, -0.1) is 11.3 Å². The number of hydrogen-bond acceptors (Lipinski definition) is 4. The number of carbonyl (C=O) groups excluding carboxylic acids is 1. The van der Waals surface area contributed by atoms with Gasteiger partial charge in [-0.3, -0.25) is 4.79 Å². The van der Waals surface area contributed by atoms with E-state index in [9.17, 15) is 4.79 Å². The Morgan fingerprint density at radius 3 is 2.83 bits per heavy atom. The Hall–Kier alpha value is -1.95. The Morgan fingerprint density at radius 1 is 1.30 bits per heavy atom. The first-order valence-electron chi connectivity index (χ1n) is 7.85. The van der Waals surface area contributed by atoms with E-state index in [0.29, 0.717) is 6.54 Å². The lowest BCUT2D eigenvalue weighted by atomic mass is 10.0. The van der Waals surface area contributed by atoms with Crippen LogP contribution in [-0.4, -0.2) is 25.5 Å². The lowest BCUT2D eigenvalue weighted by Crippen LogP contribution is -2.19. The molecule has 0 atom stereocenters. The summed E-state index contributed by atoms with van der Waals surface area (Å²) < 4.78 is 0. The van der Waals surface area contributed by atoms with Gasteiger partial charge in [-0.1, -0.05) is 18.2 Å². The van der Waals surface area contributed by atoms with Crippen LogP contribution in [0.5, 0.6) is 0 Å². The number of benzene rings is 1. The topological polar surface area (TPSA) is 67.1 Å². The van der Waals surface area contributed by atoms with Crippen LogP contribution in [0.1, 0.15) is 27.2 Å². The molecule has 4 nitrogen and oxygen atoms in total. The molecule has 0 saturated carbocycles. The molecule has 5 heteroatoms. The van der Waals surface area contributed by atoms with Gasteiger partial charge < -0.3 is 16.4 Å². The van der Waals surface area contributed by atoms with Crippen molar-refractivity contribution in [2.24, 2.45) is 5.73 Å². The van der Waals surface area contributed by atoms with E-state index in [1.807, 2.05) is 30.3 Å². The fraction of sp³-hybridized carbons (Fsp3) is 0.278. The van der Waals surface area contributed by atoms with E-state index in [2.05, 4.69) is 22.1 Å². The fourth-order valence-corrected chi connectivity index (χ4v) is 3.45. The van der Waals surface area contributed by atoms with Gasteiger partial charge in [0.05, 0.1) is 4.88 Å². The van der Waals surface area contributed by atoms with Crippen molar-refractivity contribution in [1.82, 2.24) is 5.32 Å². The SMILES string of the molecule is NCCc1ccc(NC(=O)c2cc(C3=CCNCC3)cs2)cc1. The average molecular weight is 327 g/mol. The number of hydrogen-bond donors (Lipinski definition) is 3. The monoisotopic (exact) mass is 327 g/mol. The van der Waals surface area contributed by atoms with Crippen LogP contribution in [0.2, 0.25) is 0 Å². The number of carbonyl (C=O) groups is 1. The van der Waals surface area contributed by atoms with Crippen LogP contribution < -0.4 is 16.4 Å². The molecule has 0 unspecified atom stereocenters. The Balaban J connectivity index is 1.66. The van der Waals surface area contributed by atoms with Gasteiger partial charge in [0, 0.05) is 12.2 Å². The maximum atomic E-state index is 12.4. The molecule has 4 N–H and O–H groups in total. The van der Waals surface area contributed by atoms with Crippen LogP contribution in [-0.2, 0) is 6.42 Å². The third-order valence-electron chi connectivity index (χ3n) is 3.90. The van der Waals surface area contributed by atoms with Crippen molar-refractivity contribution in [3.63, 3.8) is 0 Å². The molecule has 1 aromatic heterocycles. The van der Waals surface area contributed by atoms with Gasteiger partial charge in [0.1, 0.15) is 0 Å². The van der Waals surface area contributed by atoms with Crippen molar-refractivity contribution >= 4 is 28.5 Å². The van der Waals surface area contributed by atoms with Crippen LogP contribution in [0.25, 0.3) is 5.57 Å². The smallest absolute Gasteiger partial charge is 0.265 e.